The van der Waals surface area contributed by atoms with Crippen LogP contribution < -0.4 is 5.32 Å². The van der Waals surface area contributed by atoms with Crippen LogP contribution in [0.1, 0.15) is 24.8 Å². The third-order valence-corrected chi connectivity index (χ3v) is 2.93. The Hall–Kier alpha value is -0.870. The van der Waals surface area contributed by atoms with E-state index in [0.29, 0.717) is 5.92 Å². The molecular weight excluding hydrogens is 210 g/mol. The van der Waals surface area contributed by atoms with Crippen molar-refractivity contribution >= 4 is 17.3 Å². The molecule has 0 saturated carbocycles. The molecule has 3 nitrogen and oxygen atoms in total. The molecule has 0 spiro atoms. The minimum atomic E-state index is -0.322. The van der Waals surface area contributed by atoms with E-state index in [1.54, 1.807) is 11.3 Å². The van der Waals surface area contributed by atoms with E-state index >= 15 is 0 Å². The highest BCUT2D eigenvalue weighted by molar-refractivity contribution is 7.10. The molecule has 0 fully saturated rings. The van der Waals surface area contributed by atoms with Crippen molar-refractivity contribution in [3.8, 4) is 0 Å². The second-order valence-corrected chi connectivity index (χ2v) is 4.75. The van der Waals surface area contributed by atoms with Crippen LogP contribution in [0, 0.1) is 5.92 Å². The zero-order valence-corrected chi connectivity index (χ0v) is 10.1. The smallest absolute Gasteiger partial charge is 0.328 e. The maximum absolute atomic E-state index is 11.5. The van der Waals surface area contributed by atoms with Gasteiger partial charge in [-0.2, -0.15) is 0 Å². The van der Waals surface area contributed by atoms with Crippen LogP contribution in [0.5, 0.6) is 0 Å². The van der Waals surface area contributed by atoms with Gasteiger partial charge in [-0.25, -0.2) is 4.79 Å². The molecule has 1 heterocycles. The zero-order chi connectivity index (χ0) is 11.3. The summed E-state index contributed by atoms with van der Waals surface area (Å²) in [6.07, 6.45) is 0. The van der Waals surface area contributed by atoms with Crippen molar-refractivity contribution in [3.05, 3.63) is 22.4 Å². The Morgan fingerprint density at radius 1 is 1.60 bits per heavy atom. The van der Waals surface area contributed by atoms with Crippen LogP contribution in [0.15, 0.2) is 17.5 Å². The van der Waals surface area contributed by atoms with Crippen molar-refractivity contribution in [2.75, 3.05) is 13.7 Å². The summed E-state index contributed by atoms with van der Waals surface area (Å²) in [7, 11) is 1.42. The third kappa shape index (κ3) is 3.64. The Morgan fingerprint density at radius 3 is 2.80 bits per heavy atom. The van der Waals surface area contributed by atoms with Crippen molar-refractivity contribution < 1.29 is 9.53 Å². The molecule has 0 saturated heterocycles. The van der Waals surface area contributed by atoms with E-state index < -0.39 is 0 Å². The Morgan fingerprint density at radius 2 is 2.33 bits per heavy atom. The molecule has 1 atom stereocenters. The summed E-state index contributed by atoms with van der Waals surface area (Å²) in [5.41, 5.74) is 0. The molecule has 0 aliphatic carbocycles. The van der Waals surface area contributed by atoms with E-state index in [2.05, 4.69) is 19.2 Å². The fourth-order valence-electron chi connectivity index (χ4n) is 1.23. The van der Waals surface area contributed by atoms with Gasteiger partial charge < -0.3 is 4.74 Å². The number of carbonyl (C=O) groups excluding carboxylic acids is 1. The Kier molecular flexibility index (Phi) is 4.78. The molecule has 84 valence electrons. The molecular formula is C11H17NO2S. The molecule has 1 aromatic rings. The lowest BCUT2D eigenvalue weighted by molar-refractivity contribution is -0.143. The van der Waals surface area contributed by atoms with Crippen LogP contribution in [0.3, 0.4) is 0 Å². The topological polar surface area (TPSA) is 38.3 Å². The first-order chi connectivity index (χ1) is 7.15. The van der Waals surface area contributed by atoms with Crippen LogP contribution in [-0.4, -0.2) is 19.6 Å². The number of thiophene rings is 1. The maximum atomic E-state index is 11.5. The van der Waals surface area contributed by atoms with E-state index in [0.717, 1.165) is 11.4 Å². The van der Waals surface area contributed by atoms with Gasteiger partial charge in [-0.1, -0.05) is 19.9 Å². The van der Waals surface area contributed by atoms with Crippen LogP contribution in [0.2, 0.25) is 0 Å². The molecule has 0 aliphatic heterocycles. The molecule has 1 aromatic heterocycles. The number of carbonyl (C=O) groups is 1. The standard InChI is InChI=1S/C11H17NO2S/c1-8(2)7-12-10(11(13)14-3)9-5-4-6-15-9/h4-6,8,10,12H,7H2,1-3H3. The SMILES string of the molecule is COC(=O)C(NCC(C)C)c1cccs1. The molecule has 0 aliphatic rings. The third-order valence-electron chi connectivity index (χ3n) is 1.99. The first-order valence-electron chi connectivity index (χ1n) is 4.99. The largest absolute Gasteiger partial charge is 0.468 e. The summed E-state index contributed by atoms with van der Waals surface area (Å²) in [5, 5.41) is 5.17. The Balaban J connectivity index is 2.66. The van der Waals surface area contributed by atoms with Crippen LogP contribution in [0.4, 0.5) is 0 Å². The summed E-state index contributed by atoms with van der Waals surface area (Å²) in [6, 6.07) is 3.56. The number of methoxy groups -OCH3 is 1. The van der Waals surface area contributed by atoms with E-state index in [1.165, 1.54) is 7.11 Å². The first-order valence-corrected chi connectivity index (χ1v) is 5.87. The Bertz CT molecular complexity index is 296. The number of nitrogens with one attached hydrogen (secondary N) is 1. The van der Waals surface area contributed by atoms with Gasteiger partial charge >= 0.3 is 5.97 Å². The van der Waals surface area contributed by atoms with Crippen LogP contribution in [-0.2, 0) is 9.53 Å². The summed E-state index contributed by atoms with van der Waals surface area (Å²) in [5.74, 6) is 0.287. The van der Waals surface area contributed by atoms with E-state index in [1.807, 2.05) is 17.5 Å². The minimum Gasteiger partial charge on any atom is -0.468 e. The van der Waals surface area contributed by atoms with Gasteiger partial charge in [0.1, 0.15) is 6.04 Å². The molecule has 0 radical (unpaired) electrons. The molecule has 0 amide bonds. The van der Waals surface area contributed by atoms with Crippen LogP contribution in [0.25, 0.3) is 0 Å². The summed E-state index contributed by atoms with van der Waals surface area (Å²) in [4.78, 5) is 12.5. The predicted molar refractivity (Wildman–Crippen MR) is 61.9 cm³/mol. The second-order valence-electron chi connectivity index (χ2n) is 3.77. The maximum Gasteiger partial charge on any atom is 0.328 e. The van der Waals surface area contributed by atoms with Gasteiger partial charge in [0.15, 0.2) is 0 Å². The van der Waals surface area contributed by atoms with Crippen LogP contribution >= 0.6 is 11.3 Å². The minimum absolute atomic E-state index is 0.224. The lowest BCUT2D eigenvalue weighted by atomic mass is 10.2. The average molecular weight is 227 g/mol. The van der Waals surface area contributed by atoms with Gasteiger partial charge in [-0.15, -0.1) is 11.3 Å². The molecule has 0 bridgehead atoms. The number of hydrogen-bond acceptors (Lipinski definition) is 4. The number of esters is 1. The monoisotopic (exact) mass is 227 g/mol. The van der Waals surface area contributed by atoms with Gasteiger partial charge in [0.05, 0.1) is 7.11 Å². The summed E-state index contributed by atoms with van der Waals surface area (Å²) in [6.45, 7) is 5.02. The first kappa shape index (κ1) is 12.2. The normalized spacial score (nSPS) is 12.8. The van der Waals surface area contributed by atoms with Gasteiger partial charge in [0.2, 0.25) is 0 Å². The highest BCUT2D eigenvalue weighted by Crippen LogP contribution is 2.20. The summed E-state index contributed by atoms with van der Waals surface area (Å²) >= 11 is 1.56. The molecule has 15 heavy (non-hydrogen) atoms. The van der Waals surface area contributed by atoms with E-state index in [4.69, 9.17) is 4.74 Å². The Labute approximate surface area is 94.5 Å². The second kappa shape index (κ2) is 5.88. The summed E-state index contributed by atoms with van der Waals surface area (Å²) < 4.78 is 4.77. The molecule has 1 rings (SSSR count). The lowest BCUT2D eigenvalue weighted by Crippen LogP contribution is -2.31. The van der Waals surface area contributed by atoms with E-state index in [-0.39, 0.29) is 12.0 Å². The number of rotatable bonds is 5. The molecule has 4 heteroatoms. The number of ether oxygens (including phenoxy) is 1. The van der Waals surface area contributed by atoms with Gasteiger partial charge in [-0.05, 0) is 23.9 Å². The van der Waals surface area contributed by atoms with Gasteiger partial charge in [0.25, 0.3) is 0 Å². The van der Waals surface area contributed by atoms with Crippen molar-refractivity contribution in [2.45, 2.75) is 19.9 Å². The molecule has 1 unspecified atom stereocenters. The lowest BCUT2D eigenvalue weighted by Gasteiger charge is -2.16. The average Bonchev–Trinajstić information content (AvgIpc) is 2.70. The molecule has 0 aromatic carbocycles. The van der Waals surface area contributed by atoms with Crippen molar-refractivity contribution in [1.82, 2.24) is 5.32 Å². The zero-order valence-electron chi connectivity index (χ0n) is 9.32. The highest BCUT2D eigenvalue weighted by Gasteiger charge is 2.21. The van der Waals surface area contributed by atoms with E-state index in [9.17, 15) is 4.79 Å². The van der Waals surface area contributed by atoms with Crippen molar-refractivity contribution in [1.29, 1.82) is 0 Å². The van der Waals surface area contributed by atoms with Gasteiger partial charge in [0, 0.05) is 4.88 Å². The fraction of sp³-hybridized carbons (Fsp3) is 0.545. The van der Waals surface area contributed by atoms with Crippen molar-refractivity contribution in [2.24, 2.45) is 5.92 Å². The van der Waals surface area contributed by atoms with Gasteiger partial charge in [-0.3, -0.25) is 5.32 Å². The predicted octanol–water partition coefficient (Wildman–Crippen LogP) is 2.21. The quantitative estimate of drug-likeness (QED) is 0.784. The fourth-order valence-corrected chi connectivity index (χ4v) is 2.01. The van der Waals surface area contributed by atoms with Crippen molar-refractivity contribution in [3.63, 3.8) is 0 Å². The highest BCUT2D eigenvalue weighted by atomic mass is 32.1. The molecule has 1 N–H and O–H groups in total. The number of hydrogen-bond donors (Lipinski definition) is 1.